The first-order chi connectivity index (χ1) is 9.11. The maximum absolute atomic E-state index is 13.6. The molecule has 0 saturated heterocycles. The molecule has 0 fully saturated rings. The minimum atomic E-state index is -0.573. The monoisotopic (exact) mass is 282 g/mol. The van der Waals surface area contributed by atoms with Crippen LogP contribution in [-0.2, 0) is 6.54 Å². The van der Waals surface area contributed by atoms with Crippen LogP contribution in [0.15, 0.2) is 24.4 Å². The lowest BCUT2D eigenvalue weighted by molar-refractivity contribution is 0.537. The van der Waals surface area contributed by atoms with Gasteiger partial charge in [0.15, 0.2) is 0 Å². The number of hydrogen-bond acceptors (Lipinski definition) is 3. The molecule has 1 unspecified atom stereocenters. The quantitative estimate of drug-likeness (QED) is 0.897. The Balaban J connectivity index is 2.17. The number of benzene rings is 1. The Labute approximate surface area is 115 Å². The van der Waals surface area contributed by atoms with Gasteiger partial charge in [-0.1, -0.05) is 13.0 Å². The summed E-state index contributed by atoms with van der Waals surface area (Å²) in [5.74, 6) is -1.15. The predicted octanol–water partition coefficient (Wildman–Crippen LogP) is 3.98. The third kappa shape index (κ3) is 3.36. The maximum Gasteiger partial charge on any atom is 0.136 e. The van der Waals surface area contributed by atoms with Crippen LogP contribution in [0, 0.1) is 11.6 Å². The molecule has 2 aromatic rings. The lowest BCUT2D eigenvalue weighted by Crippen LogP contribution is -2.23. The van der Waals surface area contributed by atoms with Crippen molar-refractivity contribution in [3.8, 4) is 10.6 Å². The standard InChI is InChI=1S/C14H16F2N2S/c1-3-9(2)17-7-10-8-18-14(19-10)13-11(15)5-4-6-12(13)16/h4-6,8-9,17H,3,7H2,1-2H3. The molecule has 1 aromatic heterocycles. The van der Waals surface area contributed by atoms with Crippen LogP contribution in [0.25, 0.3) is 10.6 Å². The molecule has 0 bridgehead atoms. The van der Waals surface area contributed by atoms with Gasteiger partial charge in [0.05, 0.1) is 5.56 Å². The number of aromatic nitrogens is 1. The lowest BCUT2D eigenvalue weighted by atomic mass is 10.2. The molecule has 0 spiro atoms. The summed E-state index contributed by atoms with van der Waals surface area (Å²) >= 11 is 1.31. The van der Waals surface area contributed by atoms with Crippen LogP contribution >= 0.6 is 11.3 Å². The van der Waals surface area contributed by atoms with Crippen molar-refractivity contribution in [2.24, 2.45) is 0 Å². The van der Waals surface area contributed by atoms with Crippen molar-refractivity contribution in [1.29, 1.82) is 0 Å². The Morgan fingerprint density at radius 3 is 2.63 bits per heavy atom. The van der Waals surface area contributed by atoms with Crippen molar-refractivity contribution in [3.05, 3.63) is 40.9 Å². The van der Waals surface area contributed by atoms with E-state index in [-0.39, 0.29) is 5.56 Å². The Bertz CT molecular complexity index is 534. The third-order valence-electron chi connectivity index (χ3n) is 2.97. The summed E-state index contributed by atoms with van der Waals surface area (Å²) in [5, 5.41) is 3.71. The normalized spacial score (nSPS) is 12.6. The highest BCUT2D eigenvalue weighted by Gasteiger charge is 2.14. The van der Waals surface area contributed by atoms with Gasteiger partial charge in [0.2, 0.25) is 0 Å². The maximum atomic E-state index is 13.6. The smallest absolute Gasteiger partial charge is 0.136 e. The van der Waals surface area contributed by atoms with E-state index in [0.717, 1.165) is 11.3 Å². The molecule has 1 N–H and O–H groups in total. The Morgan fingerprint density at radius 2 is 2.00 bits per heavy atom. The van der Waals surface area contributed by atoms with Crippen molar-refractivity contribution in [1.82, 2.24) is 10.3 Å². The molecule has 1 heterocycles. The molecule has 102 valence electrons. The fraction of sp³-hybridized carbons (Fsp3) is 0.357. The van der Waals surface area contributed by atoms with E-state index < -0.39 is 11.6 Å². The van der Waals surface area contributed by atoms with E-state index in [1.165, 1.54) is 29.5 Å². The van der Waals surface area contributed by atoms with Crippen LogP contribution in [0.5, 0.6) is 0 Å². The number of halogens is 2. The van der Waals surface area contributed by atoms with E-state index in [1.54, 1.807) is 6.20 Å². The van der Waals surface area contributed by atoms with Gasteiger partial charge in [-0.3, -0.25) is 0 Å². The van der Waals surface area contributed by atoms with Gasteiger partial charge in [0.1, 0.15) is 16.6 Å². The number of thiazole rings is 1. The van der Waals surface area contributed by atoms with E-state index in [2.05, 4.69) is 24.1 Å². The number of rotatable bonds is 5. The number of nitrogens with zero attached hydrogens (tertiary/aromatic N) is 1. The van der Waals surface area contributed by atoms with Gasteiger partial charge >= 0.3 is 0 Å². The second kappa shape index (κ2) is 6.21. The Kier molecular flexibility index (Phi) is 4.61. The van der Waals surface area contributed by atoms with Crippen molar-refractivity contribution >= 4 is 11.3 Å². The van der Waals surface area contributed by atoms with Crippen molar-refractivity contribution < 1.29 is 8.78 Å². The highest BCUT2D eigenvalue weighted by atomic mass is 32.1. The molecular formula is C14H16F2N2S. The molecule has 2 nitrogen and oxygen atoms in total. The third-order valence-corrected chi connectivity index (χ3v) is 3.98. The van der Waals surface area contributed by atoms with E-state index in [9.17, 15) is 8.78 Å². The van der Waals surface area contributed by atoms with Crippen molar-refractivity contribution in [2.45, 2.75) is 32.9 Å². The zero-order valence-electron chi connectivity index (χ0n) is 10.9. The van der Waals surface area contributed by atoms with Gasteiger partial charge in [-0.25, -0.2) is 13.8 Å². The molecule has 0 aliphatic heterocycles. The average molecular weight is 282 g/mol. The largest absolute Gasteiger partial charge is 0.309 e. The van der Waals surface area contributed by atoms with Crippen LogP contribution in [0.2, 0.25) is 0 Å². The summed E-state index contributed by atoms with van der Waals surface area (Å²) in [6, 6.07) is 4.26. The first-order valence-corrected chi connectivity index (χ1v) is 7.06. The lowest BCUT2D eigenvalue weighted by Gasteiger charge is -2.08. The van der Waals surface area contributed by atoms with Crippen molar-refractivity contribution in [3.63, 3.8) is 0 Å². The van der Waals surface area contributed by atoms with Crippen LogP contribution in [0.3, 0.4) is 0 Å². The molecule has 0 radical (unpaired) electrons. The summed E-state index contributed by atoms with van der Waals surface area (Å²) in [4.78, 5) is 5.08. The summed E-state index contributed by atoms with van der Waals surface area (Å²) < 4.78 is 27.3. The van der Waals surface area contributed by atoms with Crippen LogP contribution < -0.4 is 5.32 Å². The molecular weight excluding hydrogens is 266 g/mol. The van der Waals surface area contributed by atoms with Gasteiger partial charge in [-0.2, -0.15) is 0 Å². The van der Waals surface area contributed by atoms with E-state index in [0.29, 0.717) is 17.6 Å². The minimum absolute atomic E-state index is 0.0395. The molecule has 0 aliphatic rings. The molecule has 5 heteroatoms. The summed E-state index contributed by atoms with van der Waals surface area (Å²) in [7, 11) is 0. The molecule has 1 atom stereocenters. The molecule has 19 heavy (non-hydrogen) atoms. The van der Waals surface area contributed by atoms with Gasteiger partial charge < -0.3 is 5.32 Å². The molecule has 2 rings (SSSR count). The average Bonchev–Trinajstić information content (AvgIpc) is 2.84. The van der Waals surface area contributed by atoms with Gasteiger partial charge in [-0.15, -0.1) is 11.3 Å². The fourth-order valence-corrected chi connectivity index (χ4v) is 2.54. The molecule has 0 amide bonds. The first kappa shape index (κ1) is 14.1. The Morgan fingerprint density at radius 1 is 1.32 bits per heavy atom. The van der Waals surface area contributed by atoms with E-state index in [1.807, 2.05) is 0 Å². The summed E-state index contributed by atoms with van der Waals surface area (Å²) in [6.07, 6.45) is 2.70. The topological polar surface area (TPSA) is 24.9 Å². The van der Waals surface area contributed by atoms with Gasteiger partial charge in [0.25, 0.3) is 0 Å². The fourth-order valence-electron chi connectivity index (χ4n) is 1.63. The zero-order valence-corrected chi connectivity index (χ0v) is 11.7. The Hall–Kier alpha value is -1.33. The SMILES string of the molecule is CCC(C)NCc1cnc(-c2c(F)cccc2F)s1. The highest BCUT2D eigenvalue weighted by molar-refractivity contribution is 7.15. The first-order valence-electron chi connectivity index (χ1n) is 6.24. The minimum Gasteiger partial charge on any atom is -0.309 e. The zero-order chi connectivity index (χ0) is 13.8. The highest BCUT2D eigenvalue weighted by Crippen LogP contribution is 2.29. The second-order valence-corrected chi connectivity index (χ2v) is 5.53. The molecule has 0 saturated carbocycles. The van der Waals surface area contributed by atoms with E-state index in [4.69, 9.17) is 0 Å². The predicted molar refractivity (Wildman–Crippen MR) is 74.1 cm³/mol. The van der Waals surface area contributed by atoms with Gasteiger partial charge in [0, 0.05) is 23.7 Å². The van der Waals surface area contributed by atoms with Crippen LogP contribution in [-0.4, -0.2) is 11.0 Å². The van der Waals surface area contributed by atoms with Gasteiger partial charge in [-0.05, 0) is 25.5 Å². The number of nitrogens with one attached hydrogen (secondary N) is 1. The van der Waals surface area contributed by atoms with Crippen molar-refractivity contribution in [2.75, 3.05) is 0 Å². The molecule has 1 aromatic carbocycles. The summed E-state index contributed by atoms with van der Waals surface area (Å²) in [6.45, 7) is 4.87. The van der Waals surface area contributed by atoms with Crippen LogP contribution in [0.1, 0.15) is 25.1 Å². The summed E-state index contributed by atoms with van der Waals surface area (Å²) in [5.41, 5.74) is -0.0395. The second-order valence-electron chi connectivity index (χ2n) is 4.42. The molecule has 0 aliphatic carbocycles. The number of hydrogen-bond donors (Lipinski definition) is 1. The van der Waals surface area contributed by atoms with Crippen LogP contribution in [0.4, 0.5) is 8.78 Å². The van der Waals surface area contributed by atoms with E-state index >= 15 is 0 Å².